The molecule has 1 fully saturated rings. The summed E-state index contributed by atoms with van der Waals surface area (Å²) in [5.41, 5.74) is 0. The molecule has 2 atom stereocenters. The lowest BCUT2D eigenvalue weighted by molar-refractivity contribution is 0.221. The summed E-state index contributed by atoms with van der Waals surface area (Å²) in [6.45, 7) is 8.48. The van der Waals surface area contributed by atoms with Gasteiger partial charge in [-0.2, -0.15) is 0 Å². The monoisotopic (exact) mass is 228 g/mol. The summed E-state index contributed by atoms with van der Waals surface area (Å²) in [5.74, 6) is 0. The highest BCUT2D eigenvalue weighted by atomic mass is 16.2. The minimum absolute atomic E-state index is 0.315. The van der Waals surface area contributed by atoms with Crippen LogP contribution >= 0.6 is 0 Å². The molecule has 0 radical (unpaired) electrons. The van der Waals surface area contributed by atoms with Crippen molar-refractivity contribution in [2.75, 3.05) is 26.2 Å². The highest BCUT2D eigenvalue weighted by Crippen LogP contribution is 2.13. The third-order valence-corrected chi connectivity index (χ3v) is 3.63. The molecule has 3 nitrogen and oxygen atoms in total. The summed E-state index contributed by atoms with van der Waals surface area (Å²) in [7, 11) is 0. The Balaban J connectivity index is 2.17. The average Bonchev–Trinajstić information content (AvgIpc) is 2.81. The third kappa shape index (κ3) is 4.81. The van der Waals surface area contributed by atoms with E-state index in [2.05, 4.69) is 24.1 Å². The van der Waals surface area contributed by atoms with E-state index in [4.69, 9.17) is 5.11 Å². The molecule has 0 aromatic rings. The maximum absolute atomic E-state index is 8.78. The quantitative estimate of drug-likeness (QED) is 0.662. The van der Waals surface area contributed by atoms with Crippen LogP contribution in [0.1, 0.15) is 46.0 Å². The van der Waals surface area contributed by atoms with Crippen LogP contribution in [0.3, 0.4) is 0 Å². The molecule has 1 heterocycles. The largest absolute Gasteiger partial charge is 0.396 e. The van der Waals surface area contributed by atoms with Crippen molar-refractivity contribution in [3.8, 4) is 0 Å². The SMILES string of the molecule is CCC(CNC(C)CCCO)N1CCCC1. The Morgan fingerprint density at radius 1 is 1.31 bits per heavy atom. The molecule has 1 aliphatic rings. The van der Waals surface area contributed by atoms with Gasteiger partial charge in [-0.15, -0.1) is 0 Å². The Kier molecular flexibility index (Phi) is 7.01. The van der Waals surface area contributed by atoms with Gasteiger partial charge in [0, 0.05) is 25.2 Å². The van der Waals surface area contributed by atoms with Gasteiger partial charge in [-0.3, -0.25) is 4.90 Å². The Morgan fingerprint density at radius 3 is 2.56 bits per heavy atom. The van der Waals surface area contributed by atoms with Crippen molar-refractivity contribution in [2.45, 2.75) is 58.0 Å². The fourth-order valence-electron chi connectivity index (χ4n) is 2.48. The lowest BCUT2D eigenvalue weighted by atomic mass is 10.1. The molecule has 0 aromatic heterocycles. The molecule has 1 rings (SSSR count). The molecule has 2 unspecified atom stereocenters. The van der Waals surface area contributed by atoms with Crippen molar-refractivity contribution in [1.82, 2.24) is 10.2 Å². The Bertz CT molecular complexity index is 169. The van der Waals surface area contributed by atoms with Crippen LogP contribution < -0.4 is 5.32 Å². The van der Waals surface area contributed by atoms with Crippen molar-refractivity contribution in [1.29, 1.82) is 0 Å². The first-order valence-corrected chi connectivity index (χ1v) is 6.86. The zero-order valence-corrected chi connectivity index (χ0v) is 10.9. The summed E-state index contributed by atoms with van der Waals surface area (Å²) in [4.78, 5) is 2.62. The van der Waals surface area contributed by atoms with Crippen LogP contribution in [0.4, 0.5) is 0 Å². The van der Waals surface area contributed by atoms with Gasteiger partial charge >= 0.3 is 0 Å². The van der Waals surface area contributed by atoms with Crippen LogP contribution in [0, 0.1) is 0 Å². The lowest BCUT2D eigenvalue weighted by Gasteiger charge is -2.28. The van der Waals surface area contributed by atoms with Crippen LogP contribution in [0.2, 0.25) is 0 Å². The second-order valence-corrected chi connectivity index (χ2v) is 4.98. The van der Waals surface area contributed by atoms with Gasteiger partial charge < -0.3 is 10.4 Å². The van der Waals surface area contributed by atoms with Crippen molar-refractivity contribution in [3.63, 3.8) is 0 Å². The molecule has 0 aliphatic carbocycles. The molecule has 0 spiro atoms. The molecular formula is C13H28N2O. The zero-order chi connectivity index (χ0) is 11.8. The van der Waals surface area contributed by atoms with Crippen LogP contribution in [0.5, 0.6) is 0 Å². The summed E-state index contributed by atoms with van der Waals surface area (Å²) in [5, 5.41) is 12.4. The van der Waals surface area contributed by atoms with Gasteiger partial charge in [-0.25, -0.2) is 0 Å². The van der Waals surface area contributed by atoms with Gasteiger partial charge in [0.2, 0.25) is 0 Å². The number of aliphatic hydroxyl groups excluding tert-OH is 1. The van der Waals surface area contributed by atoms with E-state index in [1.807, 2.05) is 0 Å². The van der Waals surface area contributed by atoms with Crippen molar-refractivity contribution in [3.05, 3.63) is 0 Å². The van der Waals surface area contributed by atoms with E-state index in [0.29, 0.717) is 18.7 Å². The number of aliphatic hydroxyl groups is 1. The third-order valence-electron chi connectivity index (χ3n) is 3.63. The minimum atomic E-state index is 0.315. The normalized spacial score (nSPS) is 21.2. The van der Waals surface area contributed by atoms with Crippen LogP contribution in [0.25, 0.3) is 0 Å². The van der Waals surface area contributed by atoms with E-state index in [9.17, 15) is 0 Å². The molecule has 96 valence electrons. The summed E-state index contributed by atoms with van der Waals surface area (Å²) < 4.78 is 0. The van der Waals surface area contributed by atoms with Gasteiger partial charge in [0.15, 0.2) is 0 Å². The van der Waals surface area contributed by atoms with Crippen LogP contribution in [-0.4, -0.2) is 48.3 Å². The average molecular weight is 228 g/mol. The van der Waals surface area contributed by atoms with Gasteiger partial charge in [0.25, 0.3) is 0 Å². The number of hydrogen-bond donors (Lipinski definition) is 2. The fraction of sp³-hybridized carbons (Fsp3) is 1.00. The number of likely N-dealkylation sites (tertiary alicyclic amines) is 1. The first-order chi connectivity index (χ1) is 7.77. The molecule has 0 amide bonds. The van der Waals surface area contributed by atoms with Gasteiger partial charge in [0.05, 0.1) is 0 Å². The highest BCUT2D eigenvalue weighted by Gasteiger charge is 2.20. The van der Waals surface area contributed by atoms with E-state index in [-0.39, 0.29) is 0 Å². The van der Waals surface area contributed by atoms with E-state index in [0.717, 1.165) is 19.4 Å². The Morgan fingerprint density at radius 2 is 2.00 bits per heavy atom. The fourth-order valence-corrected chi connectivity index (χ4v) is 2.48. The van der Waals surface area contributed by atoms with Gasteiger partial charge in [-0.1, -0.05) is 6.92 Å². The lowest BCUT2D eigenvalue weighted by Crippen LogP contribution is -2.43. The number of hydrogen-bond acceptors (Lipinski definition) is 3. The topological polar surface area (TPSA) is 35.5 Å². The minimum Gasteiger partial charge on any atom is -0.396 e. The van der Waals surface area contributed by atoms with Crippen LogP contribution in [0.15, 0.2) is 0 Å². The summed E-state index contributed by atoms with van der Waals surface area (Å²) in [6, 6.07) is 1.24. The predicted molar refractivity (Wildman–Crippen MR) is 68.7 cm³/mol. The van der Waals surface area contributed by atoms with E-state index >= 15 is 0 Å². The molecule has 2 N–H and O–H groups in total. The van der Waals surface area contributed by atoms with Gasteiger partial charge in [0.1, 0.15) is 0 Å². The number of nitrogens with zero attached hydrogens (tertiary/aromatic N) is 1. The smallest absolute Gasteiger partial charge is 0.0431 e. The first-order valence-electron chi connectivity index (χ1n) is 6.86. The standard InChI is InChI=1S/C13H28N2O/c1-3-13(15-8-4-5-9-15)11-14-12(2)7-6-10-16/h12-14,16H,3-11H2,1-2H3. The highest BCUT2D eigenvalue weighted by molar-refractivity contribution is 4.78. The predicted octanol–water partition coefficient (Wildman–Crippen LogP) is 1.61. The number of nitrogens with one attached hydrogen (secondary N) is 1. The first kappa shape index (κ1) is 13.9. The van der Waals surface area contributed by atoms with E-state index < -0.39 is 0 Å². The molecule has 0 bridgehead atoms. The summed E-state index contributed by atoms with van der Waals surface area (Å²) in [6.07, 6.45) is 5.97. The molecule has 1 saturated heterocycles. The second-order valence-electron chi connectivity index (χ2n) is 4.98. The maximum Gasteiger partial charge on any atom is 0.0431 e. The molecule has 0 saturated carbocycles. The Labute approximate surface area is 100 Å². The zero-order valence-electron chi connectivity index (χ0n) is 10.9. The molecule has 1 aliphatic heterocycles. The molecule has 0 aromatic carbocycles. The van der Waals surface area contributed by atoms with Crippen molar-refractivity contribution >= 4 is 0 Å². The molecule has 3 heteroatoms. The molecule has 16 heavy (non-hydrogen) atoms. The number of rotatable bonds is 8. The van der Waals surface area contributed by atoms with Gasteiger partial charge in [-0.05, 0) is 52.1 Å². The van der Waals surface area contributed by atoms with Crippen molar-refractivity contribution in [2.24, 2.45) is 0 Å². The second kappa shape index (κ2) is 8.04. The Hall–Kier alpha value is -0.120. The summed E-state index contributed by atoms with van der Waals surface area (Å²) >= 11 is 0. The van der Waals surface area contributed by atoms with E-state index in [1.54, 1.807) is 0 Å². The molecular weight excluding hydrogens is 200 g/mol. The van der Waals surface area contributed by atoms with Crippen LogP contribution in [-0.2, 0) is 0 Å². The maximum atomic E-state index is 8.78. The van der Waals surface area contributed by atoms with Crippen molar-refractivity contribution < 1.29 is 5.11 Å². The van der Waals surface area contributed by atoms with E-state index in [1.165, 1.54) is 32.4 Å².